The van der Waals surface area contributed by atoms with E-state index in [1.165, 1.54) is 5.56 Å². The van der Waals surface area contributed by atoms with Gasteiger partial charge in [0.1, 0.15) is 11.5 Å². The molecule has 0 N–H and O–H groups in total. The zero-order chi connectivity index (χ0) is 22.0. The highest BCUT2D eigenvalue weighted by molar-refractivity contribution is 5.96. The molecule has 7 heteroatoms. The minimum absolute atomic E-state index is 0.0888. The number of ether oxygens (including phenoxy) is 1. The summed E-state index contributed by atoms with van der Waals surface area (Å²) in [5.41, 5.74) is 3.87. The lowest BCUT2D eigenvalue weighted by Crippen LogP contribution is -2.35. The van der Waals surface area contributed by atoms with Crippen LogP contribution in [0.5, 0.6) is 5.75 Å². The van der Waals surface area contributed by atoms with Crippen LogP contribution in [-0.4, -0.2) is 58.7 Å². The van der Waals surface area contributed by atoms with Crippen molar-refractivity contribution in [3.63, 3.8) is 0 Å². The first-order valence-corrected chi connectivity index (χ1v) is 10.7. The molecule has 0 saturated carbocycles. The van der Waals surface area contributed by atoms with Gasteiger partial charge in [-0.15, -0.1) is 0 Å². The van der Waals surface area contributed by atoms with Crippen molar-refractivity contribution in [2.45, 2.75) is 33.7 Å². The monoisotopic (exact) mass is 422 g/mol. The van der Waals surface area contributed by atoms with Crippen molar-refractivity contribution >= 4 is 5.91 Å². The molecule has 1 aliphatic rings. The van der Waals surface area contributed by atoms with E-state index in [1.807, 2.05) is 54.5 Å². The Balaban J connectivity index is 1.44. The highest BCUT2D eigenvalue weighted by Crippen LogP contribution is 2.23. The molecule has 0 unspecified atom stereocenters. The van der Waals surface area contributed by atoms with Crippen LogP contribution in [0.3, 0.4) is 0 Å². The van der Waals surface area contributed by atoms with E-state index in [9.17, 15) is 4.79 Å². The molecule has 2 aromatic heterocycles. The summed E-state index contributed by atoms with van der Waals surface area (Å²) in [5, 5.41) is 4.12. The van der Waals surface area contributed by atoms with Crippen molar-refractivity contribution in [1.82, 2.24) is 19.5 Å². The third-order valence-electron chi connectivity index (χ3n) is 5.95. The predicted octanol–water partition coefficient (Wildman–Crippen LogP) is 3.75. The maximum Gasteiger partial charge on any atom is 0.255 e. The molecule has 7 nitrogen and oxygen atoms in total. The first kappa shape index (κ1) is 21.2. The van der Waals surface area contributed by atoms with E-state index in [4.69, 9.17) is 9.26 Å². The Kier molecular flexibility index (Phi) is 6.13. The SMILES string of the molecule is COc1ccc(CN2CCCN(C(=O)c3cc(C)n(-c4cc(C)on4)c3C)CC2)cc1. The highest BCUT2D eigenvalue weighted by Gasteiger charge is 2.25. The van der Waals surface area contributed by atoms with Crippen molar-refractivity contribution in [2.24, 2.45) is 0 Å². The molecule has 3 heterocycles. The summed E-state index contributed by atoms with van der Waals surface area (Å²) in [6, 6.07) is 12.0. The highest BCUT2D eigenvalue weighted by atomic mass is 16.5. The fraction of sp³-hybridized carbons (Fsp3) is 0.417. The minimum atomic E-state index is 0.0888. The van der Waals surface area contributed by atoms with Gasteiger partial charge in [0, 0.05) is 50.2 Å². The van der Waals surface area contributed by atoms with Crippen LogP contribution < -0.4 is 4.74 Å². The predicted molar refractivity (Wildman–Crippen MR) is 119 cm³/mol. The Morgan fingerprint density at radius 3 is 2.52 bits per heavy atom. The van der Waals surface area contributed by atoms with Gasteiger partial charge in [-0.25, -0.2) is 0 Å². The van der Waals surface area contributed by atoms with Gasteiger partial charge in [0.05, 0.1) is 12.7 Å². The number of benzene rings is 1. The second-order valence-corrected chi connectivity index (χ2v) is 8.19. The second-order valence-electron chi connectivity index (χ2n) is 8.19. The van der Waals surface area contributed by atoms with Gasteiger partial charge < -0.3 is 14.2 Å². The lowest BCUT2D eigenvalue weighted by atomic mass is 10.2. The second kappa shape index (κ2) is 8.98. The lowest BCUT2D eigenvalue weighted by molar-refractivity contribution is 0.0760. The van der Waals surface area contributed by atoms with Crippen molar-refractivity contribution in [2.75, 3.05) is 33.3 Å². The summed E-state index contributed by atoms with van der Waals surface area (Å²) in [6.45, 7) is 10.0. The van der Waals surface area contributed by atoms with E-state index in [0.29, 0.717) is 5.82 Å². The van der Waals surface area contributed by atoms with Crippen molar-refractivity contribution in [3.05, 3.63) is 64.7 Å². The fourth-order valence-corrected chi connectivity index (χ4v) is 4.28. The van der Waals surface area contributed by atoms with E-state index >= 15 is 0 Å². The van der Waals surface area contributed by atoms with Gasteiger partial charge in [0.25, 0.3) is 5.91 Å². The molecule has 1 saturated heterocycles. The standard InChI is InChI=1S/C24H30N4O3/c1-17-14-22(19(3)28(17)23-15-18(2)31-25-23)24(29)27-11-5-10-26(12-13-27)16-20-6-8-21(30-4)9-7-20/h6-9,14-15H,5,10-13,16H2,1-4H3. The Morgan fingerprint density at radius 2 is 1.84 bits per heavy atom. The molecule has 1 fully saturated rings. The van der Waals surface area contributed by atoms with E-state index < -0.39 is 0 Å². The normalized spacial score (nSPS) is 15.2. The average molecular weight is 423 g/mol. The number of methoxy groups -OCH3 is 1. The summed E-state index contributed by atoms with van der Waals surface area (Å²) < 4.78 is 12.5. The molecule has 0 bridgehead atoms. The number of rotatable bonds is 5. The zero-order valence-corrected chi connectivity index (χ0v) is 18.7. The van der Waals surface area contributed by atoms with Gasteiger partial charge in [0.15, 0.2) is 5.82 Å². The average Bonchev–Trinajstić information content (AvgIpc) is 3.21. The molecule has 4 rings (SSSR count). The lowest BCUT2D eigenvalue weighted by Gasteiger charge is -2.22. The number of amides is 1. The number of carbonyl (C=O) groups is 1. The largest absolute Gasteiger partial charge is 0.497 e. The van der Waals surface area contributed by atoms with Crippen molar-refractivity contribution < 1.29 is 14.1 Å². The van der Waals surface area contributed by atoms with Gasteiger partial charge in [0.2, 0.25) is 0 Å². The van der Waals surface area contributed by atoms with Gasteiger partial charge in [-0.1, -0.05) is 17.3 Å². The molecule has 31 heavy (non-hydrogen) atoms. The van der Waals surface area contributed by atoms with Crippen LogP contribution in [0.2, 0.25) is 0 Å². The number of aryl methyl sites for hydroxylation is 2. The van der Waals surface area contributed by atoms with Crippen LogP contribution in [0.25, 0.3) is 5.82 Å². The number of hydrogen-bond acceptors (Lipinski definition) is 5. The van der Waals surface area contributed by atoms with E-state index in [-0.39, 0.29) is 5.91 Å². The van der Waals surface area contributed by atoms with Crippen molar-refractivity contribution in [1.29, 1.82) is 0 Å². The van der Waals surface area contributed by atoms with Crippen molar-refractivity contribution in [3.8, 4) is 11.6 Å². The summed E-state index contributed by atoms with van der Waals surface area (Å²) >= 11 is 0. The van der Waals surface area contributed by atoms with E-state index in [2.05, 4.69) is 22.2 Å². The Morgan fingerprint density at radius 1 is 1.06 bits per heavy atom. The van der Waals surface area contributed by atoms with Crippen LogP contribution in [0.1, 0.15) is 39.5 Å². The quantitative estimate of drug-likeness (QED) is 0.627. The van der Waals surface area contributed by atoms with Gasteiger partial charge in [-0.05, 0) is 51.0 Å². The summed E-state index contributed by atoms with van der Waals surface area (Å²) in [6.07, 6.45) is 0.961. The number of hydrogen-bond donors (Lipinski definition) is 0. The number of carbonyl (C=O) groups excluding carboxylic acids is 1. The topological polar surface area (TPSA) is 63.7 Å². The fourth-order valence-electron chi connectivity index (χ4n) is 4.28. The van der Waals surface area contributed by atoms with Crippen LogP contribution in [0.15, 0.2) is 40.9 Å². The maximum absolute atomic E-state index is 13.3. The Hall–Kier alpha value is -3.06. The molecule has 164 valence electrons. The molecule has 0 spiro atoms. The number of aromatic nitrogens is 2. The van der Waals surface area contributed by atoms with Crippen LogP contribution in [0.4, 0.5) is 0 Å². The van der Waals surface area contributed by atoms with E-state index in [1.54, 1.807) is 7.11 Å². The third kappa shape index (κ3) is 4.51. The minimum Gasteiger partial charge on any atom is -0.497 e. The Bertz CT molecular complexity index is 1050. The third-order valence-corrected chi connectivity index (χ3v) is 5.95. The maximum atomic E-state index is 13.3. The van der Waals surface area contributed by atoms with Crippen LogP contribution in [-0.2, 0) is 6.54 Å². The van der Waals surface area contributed by atoms with Crippen LogP contribution in [0, 0.1) is 20.8 Å². The molecule has 0 aliphatic carbocycles. The number of nitrogens with zero attached hydrogens (tertiary/aromatic N) is 4. The summed E-state index contributed by atoms with van der Waals surface area (Å²) in [5.74, 6) is 2.42. The molecule has 1 amide bonds. The molecule has 0 atom stereocenters. The Labute approximate surface area is 183 Å². The molecule has 1 aromatic carbocycles. The first-order valence-electron chi connectivity index (χ1n) is 10.7. The summed E-state index contributed by atoms with van der Waals surface area (Å²) in [7, 11) is 1.68. The summed E-state index contributed by atoms with van der Waals surface area (Å²) in [4.78, 5) is 17.7. The van der Waals surface area contributed by atoms with Gasteiger partial charge in [-0.2, -0.15) is 0 Å². The van der Waals surface area contributed by atoms with Gasteiger partial charge >= 0.3 is 0 Å². The molecule has 0 radical (unpaired) electrons. The zero-order valence-electron chi connectivity index (χ0n) is 18.7. The van der Waals surface area contributed by atoms with Gasteiger partial charge in [-0.3, -0.25) is 14.3 Å². The van der Waals surface area contributed by atoms with Crippen LogP contribution >= 0.6 is 0 Å². The smallest absolute Gasteiger partial charge is 0.255 e. The van der Waals surface area contributed by atoms with E-state index in [0.717, 1.165) is 67.6 Å². The molecule has 3 aromatic rings. The molecule has 1 aliphatic heterocycles. The molecular weight excluding hydrogens is 392 g/mol. The first-order chi connectivity index (χ1) is 15.0. The molecular formula is C24H30N4O3.